The Kier molecular flexibility index (Phi) is 5.94. The zero-order chi connectivity index (χ0) is 21.0. The van der Waals surface area contributed by atoms with Crippen LogP contribution in [-0.2, 0) is 0 Å². The second kappa shape index (κ2) is 8.57. The summed E-state index contributed by atoms with van der Waals surface area (Å²) < 4.78 is 0. The molecular formula is C20H17ClN4O4. The molecule has 148 valence electrons. The molecular weight excluding hydrogens is 396 g/mol. The van der Waals surface area contributed by atoms with Crippen molar-refractivity contribution in [3.63, 3.8) is 0 Å². The van der Waals surface area contributed by atoms with Gasteiger partial charge in [0.1, 0.15) is 17.1 Å². The van der Waals surface area contributed by atoms with Gasteiger partial charge < -0.3 is 20.7 Å². The van der Waals surface area contributed by atoms with Gasteiger partial charge in [-0.25, -0.2) is 4.98 Å². The molecule has 1 heterocycles. The first-order chi connectivity index (χ1) is 13.9. The van der Waals surface area contributed by atoms with Gasteiger partial charge in [0, 0.05) is 17.8 Å². The maximum atomic E-state index is 12.4. The lowest BCUT2D eigenvalue weighted by Crippen LogP contribution is -2.16. The van der Waals surface area contributed by atoms with Crippen LogP contribution in [0.15, 0.2) is 48.8 Å². The largest absolute Gasteiger partial charge is 0.508 e. The van der Waals surface area contributed by atoms with E-state index in [2.05, 4.69) is 20.6 Å². The summed E-state index contributed by atoms with van der Waals surface area (Å²) in [7, 11) is 0. The highest BCUT2D eigenvalue weighted by molar-refractivity contribution is 6.34. The summed E-state index contributed by atoms with van der Waals surface area (Å²) in [4.78, 5) is 43.1. The fourth-order valence-corrected chi connectivity index (χ4v) is 2.82. The number of carbonyl (C=O) groups is 3. The van der Waals surface area contributed by atoms with Gasteiger partial charge in [-0.3, -0.25) is 14.4 Å². The standard InChI is InChI=1S/C20H17ClN4O4/c1-2-16(27)17-18(23-10-22-17)20(29)25-12-5-3-11(4-6-12)24-19(28)14-8-7-13(26)9-15(14)21/h3-10,26H,2H2,1H3,(H,22,23)(H,24,28)(H,25,29). The number of aromatic nitrogens is 2. The van der Waals surface area contributed by atoms with Gasteiger partial charge in [-0.15, -0.1) is 0 Å². The van der Waals surface area contributed by atoms with E-state index in [-0.39, 0.29) is 39.9 Å². The van der Waals surface area contributed by atoms with E-state index in [4.69, 9.17) is 11.6 Å². The summed E-state index contributed by atoms with van der Waals surface area (Å²) in [6.07, 6.45) is 1.54. The minimum absolute atomic E-state index is 0.0345. The number of carbonyl (C=O) groups excluding carboxylic acids is 3. The molecule has 0 saturated carbocycles. The fraction of sp³-hybridized carbons (Fsp3) is 0.100. The summed E-state index contributed by atoms with van der Waals surface area (Å²) in [5, 5.41) is 14.8. The lowest BCUT2D eigenvalue weighted by atomic mass is 10.1. The Balaban J connectivity index is 1.67. The number of Topliss-reactive ketones (excluding diaryl/α,β-unsaturated/α-hetero) is 1. The van der Waals surface area contributed by atoms with Crippen LogP contribution in [0.25, 0.3) is 0 Å². The number of H-pyrrole nitrogens is 1. The number of imidazole rings is 1. The number of rotatable bonds is 6. The first-order valence-electron chi connectivity index (χ1n) is 8.67. The van der Waals surface area contributed by atoms with Gasteiger partial charge in [0.05, 0.1) is 16.9 Å². The van der Waals surface area contributed by atoms with Crippen molar-refractivity contribution < 1.29 is 19.5 Å². The first-order valence-corrected chi connectivity index (χ1v) is 9.04. The van der Waals surface area contributed by atoms with E-state index in [1.165, 1.54) is 24.5 Å². The topological polar surface area (TPSA) is 124 Å². The molecule has 9 heteroatoms. The first kappa shape index (κ1) is 20.1. The van der Waals surface area contributed by atoms with Crippen LogP contribution in [-0.4, -0.2) is 32.7 Å². The molecule has 0 unspecified atom stereocenters. The van der Waals surface area contributed by atoms with Crippen LogP contribution < -0.4 is 10.6 Å². The molecule has 29 heavy (non-hydrogen) atoms. The SMILES string of the molecule is CCC(=O)c1nc[nH]c1C(=O)Nc1ccc(NC(=O)c2ccc(O)cc2Cl)cc1. The number of hydrogen-bond donors (Lipinski definition) is 4. The lowest BCUT2D eigenvalue weighted by molar-refractivity contribution is 0.0963. The van der Waals surface area contributed by atoms with Gasteiger partial charge in [-0.2, -0.15) is 0 Å². The van der Waals surface area contributed by atoms with E-state index in [1.807, 2.05) is 0 Å². The van der Waals surface area contributed by atoms with Gasteiger partial charge in [0.25, 0.3) is 11.8 Å². The third-order valence-corrected chi connectivity index (χ3v) is 4.36. The molecule has 0 aliphatic heterocycles. The highest BCUT2D eigenvalue weighted by atomic mass is 35.5. The Morgan fingerprint density at radius 1 is 1.03 bits per heavy atom. The lowest BCUT2D eigenvalue weighted by Gasteiger charge is -2.09. The van der Waals surface area contributed by atoms with Crippen LogP contribution in [0.2, 0.25) is 5.02 Å². The Morgan fingerprint density at radius 2 is 1.66 bits per heavy atom. The zero-order valence-corrected chi connectivity index (χ0v) is 16.1. The number of hydrogen-bond acceptors (Lipinski definition) is 5. The minimum atomic E-state index is -0.494. The number of anilines is 2. The van der Waals surface area contributed by atoms with Crippen LogP contribution in [0, 0.1) is 0 Å². The number of aromatic hydroxyl groups is 1. The summed E-state index contributed by atoms with van der Waals surface area (Å²) in [5.41, 5.74) is 1.37. The van der Waals surface area contributed by atoms with Crippen molar-refractivity contribution in [3.05, 3.63) is 70.8 Å². The third kappa shape index (κ3) is 4.61. The molecule has 0 radical (unpaired) electrons. The van der Waals surface area contributed by atoms with E-state index in [9.17, 15) is 19.5 Å². The molecule has 3 aromatic rings. The highest BCUT2D eigenvalue weighted by Gasteiger charge is 2.19. The van der Waals surface area contributed by atoms with Gasteiger partial charge in [0.15, 0.2) is 5.78 Å². The predicted molar refractivity (Wildman–Crippen MR) is 109 cm³/mol. The molecule has 0 fully saturated rings. The Labute approximate surface area is 170 Å². The zero-order valence-electron chi connectivity index (χ0n) is 15.3. The monoisotopic (exact) mass is 412 g/mol. The van der Waals surface area contributed by atoms with Gasteiger partial charge >= 0.3 is 0 Å². The second-order valence-electron chi connectivity index (χ2n) is 6.05. The number of amides is 2. The van der Waals surface area contributed by atoms with E-state index < -0.39 is 11.8 Å². The van der Waals surface area contributed by atoms with Gasteiger partial charge in [-0.1, -0.05) is 18.5 Å². The number of nitrogens with one attached hydrogen (secondary N) is 3. The molecule has 0 bridgehead atoms. The summed E-state index contributed by atoms with van der Waals surface area (Å²) in [5.74, 6) is -1.20. The van der Waals surface area contributed by atoms with Gasteiger partial charge in [0.2, 0.25) is 0 Å². The molecule has 2 amide bonds. The van der Waals surface area contributed by atoms with Crippen molar-refractivity contribution >= 4 is 40.6 Å². The molecule has 1 aromatic heterocycles. The molecule has 0 atom stereocenters. The molecule has 0 saturated heterocycles. The van der Waals surface area contributed by atoms with Crippen molar-refractivity contribution in [2.75, 3.05) is 10.6 Å². The fourth-order valence-electron chi connectivity index (χ4n) is 2.56. The number of phenolic OH excluding ortho intramolecular Hbond substituents is 1. The van der Waals surface area contributed by atoms with E-state index in [0.717, 1.165) is 0 Å². The van der Waals surface area contributed by atoms with Crippen molar-refractivity contribution in [1.82, 2.24) is 9.97 Å². The maximum Gasteiger partial charge on any atom is 0.274 e. The molecule has 4 N–H and O–H groups in total. The molecule has 0 spiro atoms. The molecule has 3 rings (SSSR count). The average Bonchev–Trinajstić information content (AvgIpc) is 3.19. The number of phenols is 1. The van der Waals surface area contributed by atoms with Crippen LogP contribution in [0.5, 0.6) is 5.75 Å². The second-order valence-corrected chi connectivity index (χ2v) is 6.46. The summed E-state index contributed by atoms with van der Waals surface area (Å²) >= 11 is 5.97. The van der Waals surface area contributed by atoms with Gasteiger partial charge in [-0.05, 0) is 42.5 Å². The van der Waals surface area contributed by atoms with Crippen LogP contribution in [0.1, 0.15) is 44.7 Å². The number of benzene rings is 2. The van der Waals surface area contributed by atoms with Crippen molar-refractivity contribution in [2.24, 2.45) is 0 Å². The minimum Gasteiger partial charge on any atom is -0.508 e. The Hall–Kier alpha value is -3.65. The number of nitrogens with zero attached hydrogens (tertiary/aromatic N) is 1. The molecule has 0 aliphatic rings. The quantitative estimate of drug-likeness (QED) is 0.457. The smallest absolute Gasteiger partial charge is 0.274 e. The highest BCUT2D eigenvalue weighted by Crippen LogP contribution is 2.23. The van der Waals surface area contributed by atoms with Crippen molar-refractivity contribution in [3.8, 4) is 5.75 Å². The Bertz CT molecular complexity index is 1080. The molecule has 0 aliphatic carbocycles. The summed E-state index contributed by atoms with van der Waals surface area (Å²) in [6.45, 7) is 1.69. The third-order valence-electron chi connectivity index (χ3n) is 4.05. The van der Waals surface area contributed by atoms with Crippen molar-refractivity contribution in [2.45, 2.75) is 13.3 Å². The van der Waals surface area contributed by atoms with E-state index >= 15 is 0 Å². The van der Waals surface area contributed by atoms with Crippen LogP contribution in [0.4, 0.5) is 11.4 Å². The predicted octanol–water partition coefficient (Wildman–Crippen LogP) is 3.87. The van der Waals surface area contributed by atoms with E-state index in [1.54, 1.807) is 31.2 Å². The van der Waals surface area contributed by atoms with Crippen LogP contribution in [0.3, 0.4) is 0 Å². The average molecular weight is 413 g/mol. The van der Waals surface area contributed by atoms with E-state index in [0.29, 0.717) is 11.4 Å². The maximum absolute atomic E-state index is 12.4. The van der Waals surface area contributed by atoms with Crippen molar-refractivity contribution in [1.29, 1.82) is 0 Å². The van der Waals surface area contributed by atoms with Crippen LogP contribution >= 0.6 is 11.6 Å². The normalized spacial score (nSPS) is 10.4. The number of ketones is 1. The number of halogens is 1. The summed E-state index contributed by atoms with van der Waals surface area (Å²) in [6, 6.07) is 10.5. The number of aromatic amines is 1. The Morgan fingerprint density at radius 3 is 2.24 bits per heavy atom. The molecule has 2 aromatic carbocycles. The molecule has 8 nitrogen and oxygen atoms in total.